The summed E-state index contributed by atoms with van der Waals surface area (Å²) >= 11 is 0. The van der Waals surface area contributed by atoms with Gasteiger partial charge in [-0.2, -0.15) is 5.10 Å². The molecule has 2 rings (SSSR count). The predicted molar refractivity (Wildman–Crippen MR) is 94.9 cm³/mol. The molecule has 0 saturated carbocycles. The average molecular weight is 345 g/mol. The summed E-state index contributed by atoms with van der Waals surface area (Å²) in [6.45, 7) is 6.96. The molecule has 0 saturated heterocycles. The van der Waals surface area contributed by atoms with Crippen molar-refractivity contribution in [3.63, 3.8) is 0 Å². The molecule has 5 nitrogen and oxygen atoms in total. The maximum absolute atomic E-state index is 13.1. The van der Waals surface area contributed by atoms with Gasteiger partial charge in [0.15, 0.2) is 0 Å². The number of rotatable bonds is 8. The topological polar surface area (TPSA) is 64.1 Å². The highest BCUT2D eigenvalue weighted by molar-refractivity contribution is 5.69. The van der Waals surface area contributed by atoms with Crippen molar-refractivity contribution < 1.29 is 13.9 Å². The third-order valence-corrected chi connectivity index (χ3v) is 3.95. The van der Waals surface area contributed by atoms with Crippen LogP contribution in [-0.4, -0.2) is 29.3 Å². The average Bonchev–Trinajstić information content (AvgIpc) is 2.60. The van der Waals surface area contributed by atoms with Crippen molar-refractivity contribution in [1.29, 1.82) is 0 Å². The molecule has 25 heavy (non-hydrogen) atoms. The van der Waals surface area contributed by atoms with Crippen molar-refractivity contribution >= 4 is 11.8 Å². The minimum absolute atomic E-state index is 0.183. The summed E-state index contributed by atoms with van der Waals surface area (Å²) in [7, 11) is 0. The van der Waals surface area contributed by atoms with Gasteiger partial charge >= 0.3 is 5.97 Å². The Bertz CT molecular complexity index is 685. The molecule has 1 aromatic carbocycles. The second-order valence-corrected chi connectivity index (χ2v) is 6.46. The van der Waals surface area contributed by atoms with Gasteiger partial charge in [0.1, 0.15) is 11.6 Å². The van der Waals surface area contributed by atoms with Crippen LogP contribution in [0.2, 0.25) is 0 Å². The Hall–Kier alpha value is -2.50. The molecule has 0 spiro atoms. The number of hydrogen-bond donors (Lipinski definition) is 1. The Morgan fingerprint density at radius 1 is 1.16 bits per heavy atom. The molecule has 6 heteroatoms. The van der Waals surface area contributed by atoms with Crippen LogP contribution in [0.25, 0.3) is 0 Å². The molecule has 0 aliphatic carbocycles. The smallest absolute Gasteiger partial charge is 0.306 e. The lowest BCUT2D eigenvalue weighted by molar-refractivity contribution is -0.143. The summed E-state index contributed by atoms with van der Waals surface area (Å²) in [4.78, 5) is 11.3. The number of halogens is 1. The highest BCUT2D eigenvalue weighted by atomic mass is 19.1. The van der Waals surface area contributed by atoms with Gasteiger partial charge in [-0.15, -0.1) is 5.10 Å². The maximum Gasteiger partial charge on any atom is 0.306 e. The molecule has 2 aromatic rings. The van der Waals surface area contributed by atoms with Gasteiger partial charge in [0.05, 0.1) is 18.7 Å². The van der Waals surface area contributed by atoms with E-state index in [4.69, 9.17) is 4.74 Å². The number of benzene rings is 1. The zero-order valence-corrected chi connectivity index (χ0v) is 14.9. The normalized spacial score (nSPS) is 11.2. The number of anilines is 1. The lowest BCUT2D eigenvalue weighted by atomic mass is 9.84. The van der Waals surface area contributed by atoms with Crippen LogP contribution in [0.15, 0.2) is 36.4 Å². The highest BCUT2D eigenvalue weighted by Crippen LogP contribution is 2.23. The van der Waals surface area contributed by atoms with Crippen molar-refractivity contribution in [2.75, 3.05) is 18.5 Å². The lowest BCUT2D eigenvalue weighted by Crippen LogP contribution is -2.28. The van der Waals surface area contributed by atoms with Crippen LogP contribution >= 0.6 is 0 Å². The minimum atomic E-state index is -0.239. The second-order valence-electron chi connectivity index (χ2n) is 6.46. The third kappa shape index (κ3) is 5.81. The van der Waals surface area contributed by atoms with Crippen LogP contribution in [0.1, 0.15) is 38.4 Å². The highest BCUT2D eigenvalue weighted by Gasteiger charge is 2.20. The fourth-order valence-electron chi connectivity index (χ4n) is 2.37. The second kappa shape index (κ2) is 8.55. The first kappa shape index (κ1) is 18.8. The Labute approximate surface area is 147 Å². The molecule has 0 bridgehead atoms. The first-order valence-electron chi connectivity index (χ1n) is 8.39. The number of esters is 1. The molecule has 1 N–H and O–H groups in total. The van der Waals surface area contributed by atoms with E-state index in [2.05, 4.69) is 29.4 Å². The van der Waals surface area contributed by atoms with Crippen molar-refractivity contribution in [3.05, 3.63) is 53.5 Å². The van der Waals surface area contributed by atoms with Crippen molar-refractivity contribution in [2.45, 2.75) is 39.0 Å². The Morgan fingerprint density at radius 3 is 2.48 bits per heavy atom. The van der Waals surface area contributed by atoms with Crippen molar-refractivity contribution in [1.82, 2.24) is 10.2 Å². The number of aromatic nitrogens is 2. The SMILES string of the molecule is CCOC(=O)CCc1ccc(NCC(C)(C)c2ccc(F)cc2)nn1. The van der Waals surface area contributed by atoms with E-state index in [0.717, 1.165) is 11.3 Å². The van der Waals surface area contributed by atoms with Gasteiger partial charge in [-0.05, 0) is 36.8 Å². The molecular weight excluding hydrogens is 321 g/mol. The van der Waals surface area contributed by atoms with Gasteiger partial charge < -0.3 is 10.1 Å². The number of nitrogens with one attached hydrogen (secondary N) is 1. The third-order valence-electron chi connectivity index (χ3n) is 3.95. The summed E-state index contributed by atoms with van der Waals surface area (Å²) in [5, 5.41) is 11.5. The quantitative estimate of drug-likeness (QED) is 0.742. The van der Waals surface area contributed by atoms with Crippen molar-refractivity contribution in [3.8, 4) is 0 Å². The van der Waals surface area contributed by atoms with Gasteiger partial charge in [0, 0.05) is 18.4 Å². The molecule has 134 valence electrons. The van der Waals surface area contributed by atoms with E-state index in [0.29, 0.717) is 31.8 Å². The van der Waals surface area contributed by atoms with Gasteiger partial charge in [-0.25, -0.2) is 4.39 Å². The molecule has 0 atom stereocenters. The zero-order chi connectivity index (χ0) is 18.3. The monoisotopic (exact) mass is 345 g/mol. The summed E-state index contributed by atoms with van der Waals surface area (Å²) in [6, 6.07) is 10.2. The fourth-order valence-corrected chi connectivity index (χ4v) is 2.37. The molecular formula is C19H24FN3O2. The lowest BCUT2D eigenvalue weighted by Gasteiger charge is -2.25. The molecule has 0 unspecified atom stereocenters. The number of ether oxygens (including phenoxy) is 1. The number of hydrogen-bond acceptors (Lipinski definition) is 5. The predicted octanol–water partition coefficient (Wildman–Crippen LogP) is 3.50. The van der Waals surface area contributed by atoms with Crippen LogP contribution in [0.5, 0.6) is 0 Å². The van der Waals surface area contributed by atoms with Crippen LogP contribution in [0.4, 0.5) is 10.2 Å². The van der Waals surface area contributed by atoms with Gasteiger partial charge in [0.25, 0.3) is 0 Å². The van der Waals surface area contributed by atoms with Crippen LogP contribution < -0.4 is 5.32 Å². The van der Waals surface area contributed by atoms with Crippen LogP contribution in [0, 0.1) is 5.82 Å². The fraction of sp³-hybridized carbons (Fsp3) is 0.421. The van der Waals surface area contributed by atoms with E-state index in [9.17, 15) is 9.18 Å². The standard InChI is InChI=1S/C19H24FN3O2/c1-4-25-18(24)12-10-16-9-11-17(23-22-16)21-13-19(2,3)14-5-7-15(20)8-6-14/h5-9,11H,4,10,12-13H2,1-3H3,(H,21,23). The molecule has 0 aliphatic rings. The molecule has 1 heterocycles. The minimum Gasteiger partial charge on any atom is -0.466 e. The molecule has 0 amide bonds. The van der Waals surface area contributed by atoms with E-state index in [1.165, 1.54) is 12.1 Å². The van der Waals surface area contributed by atoms with Gasteiger partial charge in [-0.3, -0.25) is 4.79 Å². The molecule has 0 fully saturated rings. The Kier molecular flexibility index (Phi) is 6.44. The summed E-state index contributed by atoms with van der Waals surface area (Å²) in [5.74, 6) is 0.194. The van der Waals surface area contributed by atoms with Gasteiger partial charge in [-0.1, -0.05) is 26.0 Å². The van der Waals surface area contributed by atoms with E-state index in [1.54, 1.807) is 19.1 Å². The maximum atomic E-state index is 13.1. The van der Waals surface area contributed by atoms with Gasteiger partial charge in [0.2, 0.25) is 0 Å². The van der Waals surface area contributed by atoms with E-state index >= 15 is 0 Å². The first-order valence-corrected chi connectivity index (χ1v) is 8.39. The largest absolute Gasteiger partial charge is 0.466 e. The summed E-state index contributed by atoms with van der Waals surface area (Å²) < 4.78 is 17.9. The first-order chi connectivity index (χ1) is 11.9. The zero-order valence-electron chi connectivity index (χ0n) is 14.9. The van der Waals surface area contributed by atoms with Crippen LogP contribution in [-0.2, 0) is 21.4 Å². The number of nitrogens with zero attached hydrogens (tertiary/aromatic N) is 2. The summed E-state index contributed by atoms with van der Waals surface area (Å²) in [6.07, 6.45) is 0.806. The molecule has 0 aliphatic heterocycles. The Balaban J connectivity index is 1.88. The van der Waals surface area contributed by atoms with Crippen molar-refractivity contribution in [2.24, 2.45) is 0 Å². The molecule has 0 radical (unpaired) electrons. The van der Waals surface area contributed by atoms with E-state index in [-0.39, 0.29) is 17.2 Å². The number of carbonyl (C=O) groups excluding carboxylic acids is 1. The molecule has 1 aromatic heterocycles. The van der Waals surface area contributed by atoms with Crippen LogP contribution in [0.3, 0.4) is 0 Å². The number of aryl methyl sites for hydroxylation is 1. The number of carbonyl (C=O) groups is 1. The Morgan fingerprint density at radius 2 is 1.88 bits per heavy atom. The summed E-state index contributed by atoms with van der Waals surface area (Å²) in [5.41, 5.74) is 1.61. The van der Waals surface area contributed by atoms with E-state index in [1.807, 2.05) is 12.1 Å². The van der Waals surface area contributed by atoms with E-state index < -0.39 is 0 Å².